The fraction of sp³-hybridized carbons (Fsp3) is 0.333. The molecule has 0 spiro atoms. The van der Waals surface area contributed by atoms with E-state index in [1.807, 2.05) is 0 Å². The van der Waals surface area contributed by atoms with Gasteiger partial charge in [0.25, 0.3) is 5.91 Å². The number of nitrogens with one attached hydrogen (secondary N) is 1. The SMILES string of the molecule is CC(NC(=O)c1cccc(Cl)c1[N+](=O)[O-])C(C)C(=O)O. The standard InChI is InChI=1S/C12H13ClN2O5/c1-6(12(17)18)7(2)14-11(16)8-4-3-5-9(13)10(8)15(19)20/h3-7H,1-2H3,(H,14,16)(H,17,18). The lowest BCUT2D eigenvalue weighted by molar-refractivity contribution is -0.385. The zero-order chi connectivity index (χ0) is 15.4. The summed E-state index contributed by atoms with van der Waals surface area (Å²) in [5, 5.41) is 22.0. The Morgan fingerprint density at radius 1 is 1.40 bits per heavy atom. The average Bonchev–Trinajstić information content (AvgIpc) is 2.36. The third-order valence-corrected chi connectivity index (χ3v) is 3.22. The summed E-state index contributed by atoms with van der Waals surface area (Å²) in [5.74, 6) is -2.63. The summed E-state index contributed by atoms with van der Waals surface area (Å²) >= 11 is 5.70. The van der Waals surface area contributed by atoms with Crippen LogP contribution in [-0.4, -0.2) is 27.9 Å². The molecule has 0 aromatic heterocycles. The first-order valence-corrected chi connectivity index (χ1v) is 6.10. The Morgan fingerprint density at radius 2 is 2.00 bits per heavy atom. The van der Waals surface area contributed by atoms with E-state index in [9.17, 15) is 19.7 Å². The number of carboxylic acids is 1. The van der Waals surface area contributed by atoms with Gasteiger partial charge < -0.3 is 10.4 Å². The highest BCUT2D eigenvalue weighted by Gasteiger charge is 2.27. The maximum Gasteiger partial charge on any atom is 0.308 e. The van der Waals surface area contributed by atoms with Gasteiger partial charge in [0.2, 0.25) is 0 Å². The predicted molar refractivity (Wildman–Crippen MR) is 71.8 cm³/mol. The van der Waals surface area contributed by atoms with Crippen molar-refractivity contribution in [2.75, 3.05) is 0 Å². The summed E-state index contributed by atoms with van der Waals surface area (Å²) in [7, 11) is 0. The van der Waals surface area contributed by atoms with Gasteiger partial charge in [0.1, 0.15) is 10.6 Å². The second-order valence-electron chi connectivity index (χ2n) is 4.28. The number of carbonyl (C=O) groups excluding carboxylic acids is 1. The minimum atomic E-state index is -1.07. The summed E-state index contributed by atoms with van der Waals surface area (Å²) < 4.78 is 0. The molecular formula is C12H13ClN2O5. The van der Waals surface area contributed by atoms with E-state index < -0.39 is 34.4 Å². The Hall–Kier alpha value is -2.15. The van der Waals surface area contributed by atoms with Crippen LogP contribution in [0.2, 0.25) is 5.02 Å². The number of hydrogen-bond donors (Lipinski definition) is 2. The molecule has 1 aromatic rings. The first kappa shape index (κ1) is 15.9. The van der Waals surface area contributed by atoms with Crippen molar-refractivity contribution in [3.63, 3.8) is 0 Å². The molecule has 0 aliphatic rings. The highest BCUT2D eigenvalue weighted by atomic mass is 35.5. The molecule has 2 N–H and O–H groups in total. The number of benzene rings is 1. The van der Waals surface area contributed by atoms with Crippen LogP contribution in [0.25, 0.3) is 0 Å². The minimum Gasteiger partial charge on any atom is -0.481 e. The van der Waals surface area contributed by atoms with Crippen LogP contribution >= 0.6 is 11.6 Å². The predicted octanol–water partition coefficient (Wildman–Crippen LogP) is 2.09. The quantitative estimate of drug-likeness (QED) is 0.639. The number of aliphatic carboxylic acids is 1. The number of nitrogens with zero attached hydrogens (tertiary/aromatic N) is 1. The zero-order valence-corrected chi connectivity index (χ0v) is 11.5. The molecule has 20 heavy (non-hydrogen) atoms. The van der Waals surface area contributed by atoms with Crippen molar-refractivity contribution in [1.82, 2.24) is 5.32 Å². The normalized spacial score (nSPS) is 13.3. The largest absolute Gasteiger partial charge is 0.481 e. The number of nitro benzene ring substituents is 1. The van der Waals surface area contributed by atoms with Crippen LogP contribution < -0.4 is 5.32 Å². The van der Waals surface area contributed by atoms with Crippen molar-refractivity contribution >= 4 is 29.2 Å². The van der Waals surface area contributed by atoms with Crippen LogP contribution in [0.5, 0.6) is 0 Å². The molecule has 1 amide bonds. The maximum atomic E-state index is 12.0. The van der Waals surface area contributed by atoms with E-state index in [-0.39, 0.29) is 10.6 Å². The molecule has 0 fully saturated rings. The molecule has 0 heterocycles. The van der Waals surface area contributed by atoms with Crippen molar-refractivity contribution in [1.29, 1.82) is 0 Å². The third kappa shape index (κ3) is 3.45. The van der Waals surface area contributed by atoms with Gasteiger partial charge in [0, 0.05) is 6.04 Å². The molecule has 0 saturated carbocycles. The van der Waals surface area contributed by atoms with E-state index in [0.717, 1.165) is 0 Å². The van der Waals surface area contributed by atoms with Gasteiger partial charge in [-0.3, -0.25) is 19.7 Å². The first-order chi connectivity index (χ1) is 9.25. The van der Waals surface area contributed by atoms with Gasteiger partial charge in [0.05, 0.1) is 10.8 Å². The molecule has 0 radical (unpaired) electrons. The second-order valence-corrected chi connectivity index (χ2v) is 4.69. The Balaban J connectivity index is 3.02. The topological polar surface area (TPSA) is 110 Å². The third-order valence-electron chi connectivity index (χ3n) is 2.91. The van der Waals surface area contributed by atoms with Crippen molar-refractivity contribution in [3.8, 4) is 0 Å². The molecule has 1 aromatic carbocycles. The minimum absolute atomic E-state index is 0.151. The lowest BCUT2D eigenvalue weighted by Crippen LogP contribution is -2.40. The fourth-order valence-electron chi connectivity index (χ4n) is 1.51. The van der Waals surface area contributed by atoms with E-state index in [1.54, 1.807) is 0 Å². The number of carbonyl (C=O) groups is 2. The smallest absolute Gasteiger partial charge is 0.308 e. The first-order valence-electron chi connectivity index (χ1n) is 5.72. The Kier molecular flexibility index (Phi) is 5.04. The highest BCUT2D eigenvalue weighted by Crippen LogP contribution is 2.28. The number of halogens is 1. The van der Waals surface area contributed by atoms with Crippen molar-refractivity contribution < 1.29 is 19.6 Å². The second kappa shape index (κ2) is 6.33. The van der Waals surface area contributed by atoms with E-state index in [2.05, 4.69) is 5.32 Å². The summed E-state index contributed by atoms with van der Waals surface area (Å²) in [5.41, 5.74) is -0.700. The molecule has 0 saturated heterocycles. The van der Waals surface area contributed by atoms with Crippen LogP contribution in [0.15, 0.2) is 18.2 Å². The fourth-order valence-corrected chi connectivity index (χ4v) is 1.75. The van der Waals surface area contributed by atoms with E-state index >= 15 is 0 Å². The molecule has 2 unspecified atom stereocenters. The lowest BCUT2D eigenvalue weighted by atomic mass is 10.0. The summed E-state index contributed by atoms with van der Waals surface area (Å²) in [4.78, 5) is 33.0. The lowest BCUT2D eigenvalue weighted by Gasteiger charge is -2.17. The van der Waals surface area contributed by atoms with E-state index in [4.69, 9.17) is 16.7 Å². The Bertz CT molecular complexity index is 561. The molecule has 8 heteroatoms. The van der Waals surface area contributed by atoms with Gasteiger partial charge in [0.15, 0.2) is 0 Å². The van der Waals surface area contributed by atoms with Gasteiger partial charge >= 0.3 is 11.7 Å². The summed E-state index contributed by atoms with van der Waals surface area (Å²) in [6.07, 6.45) is 0. The molecule has 108 valence electrons. The zero-order valence-electron chi connectivity index (χ0n) is 10.8. The van der Waals surface area contributed by atoms with Crippen LogP contribution in [0.4, 0.5) is 5.69 Å². The molecule has 2 atom stereocenters. The monoisotopic (exact) mass is 300 g/mol. The van der Waals surface area contributed by atoms with Crippen LogP contribution in [0.1, 0.15) is 24.2 Å². The van der Waals surface area contributed by atoms with Crippen molar-refractivity contribution in [2.24, 2.45) is 5.92 Å². The van der Waals surface area contributed by atoms with Crippen molar-refractivity contribution in [3.05, 3.63) is 38.9 Å². The summed E-state index contributed by atoms with van der Waals surface area (Å²) in [6.45, 7) is 2.94. The molecule has 0 aliphatic carbocycles. The molecule has 7 nitrogen and oxygen atoms in total. The van der Waals surface area contributed by atoms with Gasteiger partial charge in [-0.15, -0.1) is 0 Å². The number of para-hydroxylation sites is 1. The van der Waals surface area contributed by atoms with Gasteiger partial charge in [-0.05, 0) is 26.0 Å². The average molecular weight is 301 g/mol. The molecular weight excluding hydrogens is 288 g/mol. The van der Waals surface area contributed by atoms with Crippen LogP contribution in [0.3, 0.4) is 0 Å². The highest BCUT2D eigenvalue weighted by molar-refractivity contribution is 6.33. The summed E-state index contributed by atoms with van der Waals surface area (Å²) in [6, 6.07) is 3.30. The Morgan fingerprint density at radius 3 is 2.50 bits per heavy atom. The number of nitro groups is 1. The number of hydrogen-bond acceptors (Lipinski definition) is 4. The van der Waals surface area contributed by atoms with Crippen LogP contribution in [-0.2, 0) is 4.79 Å². The maximum absolute atomic E-state index is 12.0. The molecule has 0 bridgehead atoms. The Labute approximate surface area is 119 Å². The van der Waals surface area contributed by atoms with Gasteiger partial charge in [-0.1, -0.05) is 17.7 Å². The van der Waals surface area contributed by atoms with Crippen LogP contribution in [0, 0.1) is 16.0 Å². The number of carboxylic acid groups (broad SMARTS) is 1. The van der Waals surface area contributed by atoms with E-state index in [0.29, 0.717) is 0 Å². The molecule has 1 rings (SSSR count). The number of amides is 1. The van der Waals surface area contributed by atoms with Crippen molar-refractivity contribution in [2.45, 2.75) is 19.9 Å². The number of rotatable bonds is 5. The van der Waals surface area contributed by atoms with Gasteiger partial charge in [-0.25, -0.2) is 0 Å². The van der Waals surface area contributed by atoms with Gasteiger partial charge in [-0.2, -0.15) is 0 Å². The van der Waals surface area contributed by atoms with E-state index in [1.165, 1.54) is 32.0 Å². The molecule has 0 aliphatic heterocycles.